The summed E-state index contributed by atoms with van der Waals surface area (Å²) >= 11 is 0. The van der Waals surface area contributed by atoms with Gasteiger partial charge in [0.15, 0.2) is 0 Å². The van der Waals surface area contributed by atoms with Crippen LogP contribution in [0.25, 0.3) is 0 Å². The SMILES string of the molecule is CCOC(=O)C1CCC(=CB2OC(C)(C)C(C)(C)O2)C1. The number of rotatable bonds is 3. The average molecular weight is 280 g/mol. The van der Waals surface area contributed by atoms with Gasteiger partial charge >= 0.3 is 13.1 Å². The van der Waals surface area contributed by atoms with E-state index >= 15 is 0 Å². The van der Waals surface area contributed by atoms with E-state index in [0.717, 1.165) is 19.3 Å². The molecule has 0 radical (unpaired) electrons. The number of esters is 1. The molecule has 1 heterocycles. The Bertz CT molecular complexity index is 398. The molecule has 1 saturated heterocycles. The van der Waals surface area contributed by atoms with Crippen LogP contribution in [-0.2, 0) is 18.8 Å². The van der Waals surface area contributed by atoms with Crippen molar-refractivity contribution in [3.05, 3.63) is 11.5 Å². The second-order valence-electron chi connectivity index (χ2n) is 6.64. The standard InChI is InChI=1S/C15H25BO4/c1-6-18-13(17)12-8-7-11(9-12)10-16-19-14(2,3)15(4,5)20-16/h10,12H,6-9H2,1-5H3. The average Bonchev–Trinajstić information content (AvgIpc) is 2.83. The summed E-state index contributed by atoms with van der Waals surface area (Å²) in [5, 5.41) is 0. The molecule has 20 heavy (non-hydrogen) atoms. The highest BCUT2D eigenvalue weighted by molar-refractivity contribution is 6.51. The summed E-state index contributed by atoms with van der Waals surface area (Å²) in [6.45, 7) is 10.5. The summed E-state index contributed by atoms with van der Waals surface area (Å²) < 4.78 is 17.0. The van der Waals surface area contributed by atoms with Crippen LogP contribution in [0.15, 0.2) is 11.5 Å². The molecule has 5 heteroatoms. The highest BCUT2D eigenvalue weighted by Crippen LogP contribution is 2.38. The zero-order valence-corrected chi connectivity index (χ0v) is 13.2. The Kier molecular flexibility index (Phi) is 4.31. The first-order chi connectivity index (χ1) is 9.25. The number of carbonyl (C=O) groups excluding carboxylic acids is 1. The van der Waals surface area contributed by atoms with Crippen LogP contribution in [-0.4, -0.2) is 30.9 Å². The first kappa shape index (κ1) is 15.6. The third-order valence-corrected chi connectivity index (χ3v) is 4.59. The predicted molar refractivity (Wildman–Crippen MR) is 78.1 cm³/mol. The van der Waals surface area contributed by atoms with Gasteiger partial charge < -0.3 is 14.0 Å². The molecule has 1 atom stereocenters. The molecule has 2 fully saturated rings. The first-order valence-electron chi connectivity index (χ1n) is 7.47. The molecule has 4 nitrogen and oxygen atoms in total. The minimum atomic E-state index is -0.312. The maximum Gasteiger partial charge on any atom is 0.487 e. The van der Waals surface area contributed by atoms with Gasteiger partial charge in [-0.1, -0.05) is 11.5 Å². The lowest BCUT2D eigenvalue weighted by Gasteiger charge is -2.32. The molecule has 0 aromatic carbocycles. The van der Waals surface area contributed by atoms with Gasteiger partial charge in [0, 0.05) is 0 Å². The van der Waals surface area contributed by atoms with Gasteiger partial charge in [-0.15, -0.1) is 0 Å². The lowest BCUT2D eigenvalue weighted by atomic mass is 9.86. The normalized spacial score (nSPS) is 29.9. The highest BCUT2D eigenvalue weighted by atomic mass is 16.7. The van der Waals surface area contributed by atoms with Crippen LogP contribution in [0.5, 0.6) is 0 Å². The van der Waals surface area contributed by atoms with Crippen LogP contribution in [0.3, 0.4) is 0 Å². The minimum absolute atomic E-state index is 0.00336. The molecule has 2 aliphatic rings. The van der Waals surface area contributed by atoms with E-state index in [1.807, 2.05) is 40.6 Å². The van der Waals surface area contributed by atoms with Gasteiger partial charge in [0.2, 0.25) is 0 Å². The van der Waals surface area contributed by atoms with Crippen molar-refractivity contribution >= 4 is 13.1 Å². The lowest BCUT2D eigenvalue weighted by Crippen LogP contribution is -2.41. The van der Waals surface area contributed by atoms with Gasteiger partial charge in [-0.25, -0.2) is 0 Å². The predicted octanol–water partition coefficient (Wildman–Crippen LogP) is 2.91. The molecule has 112 valence electrons. The molecule has 0 aromatic rings. The van der Waals surface area contributed by atoms with Gasteiger partial charge in [0.25, 0.3) is 0 Å². The molecule has 1 aliphatic heterocycles. The Morgan fingerprint density at radius 1 is 1.35 bits per heavy atom. The topological polar surface area (TPSA) is 44.8 Å². The Balaban J connectivity index is 1.96. The molecule has 0 amide bonds. The van der Waals surface area contributed by atoms with Gasteiger partial charge in [-0.3, -0.25) is 4.79 Å². The summed E-state index contributed by atoms with van der Waals surface area (Å²) in [4.78, 5) is 11.7. The fourth-order valence-corrected chi connectivity index (χ4v) is 2.64. The number of carbonyl (C=O) groups is 1. The Labute approximate surface area is 122 Å². The van der Waals surface area contributed by atoms with Crippen LogP contribution < -0.4 is 0 Å². The fraction of sp³-hybridized carbons (Fsp3) is 0.800. The van der Waals surface area contributed by atoms with Crippen molar-refractivity contribution in [1.29, 1.82) is 0 Å². The quantitative estimate of drug-likeness (QED) is 0.589. The van der Waals surface area contributed by atoms with Gasteiger partial charge in [0.05, 0.1) is 23.7 Å². The molecule has 0 bridgehead atoms. The van der Waals surface area contributed by atoms with Crippen molar-refractivity contribution in [2.24, 2.45) is 5.92 Å². The minimum Gasteiger partial charge on any atom is -0.466 e. The van der Waals surface area contributed by atoms with Crippen molar-refractivity contribution in [2.45, 2.75) is 65.1 Å². The largest absolute Gasteiger partial charge is 0.487 e. The van der Waals surface area contributed by atoms with Crippen molar-refractivity contribution < 1.29 is 18.8 Å². The highest BCUT2D eigenvalue weighted by Gasteiger charge is 2.50. The summed E-state index contributed by atoms with van der Waals surface area (Å²) in [6, 6.07) is 0. The Hall–Kier alpha value is -0.805. The summed E-state index contributed by atoms with van der Waals surface area (Å²) in [6.07, 6.45) is 2.56. The van der Waals surface area contributed by atoms with Crippen LogP contribution in [0.1, 0.15) is 53.9 Å². The molecular weight excluding hydrogens is 255 g/mol. The van der Waals surface area contributed by atoms with Crippen LogP contribution in [0.4, 0.5) is 0 Å². The third kappa shape index (κ3) is 3.09. The van der Waals surface area contributed by atoms with Crippen LogP contribution >= 0.6 is 0 Å². The fourth-order valence-electron chi connectivity index (χ4n) is 2.64. The number of ether oxygens (including phenoxy) is 1. The Morgan fingerprint density at radius 2 is 1.95 bits per heavy atom. The second kappa shape index (κ2) is 5.53. The van der Waals surface area contributed by atoms with E-state index in [2.05, 4.69) is 0 Å². The van der Waals surface area contributed by atoms with E-state index < -0.39 is 0 Å². The lowest BCUT2D eigenvalue weighted by molar-refractivity contribution is -0.147. The van der Waals surface area contributed by atoms with Crippen molar-refractivity contribution in [2.75, 3.05) is 6.61 Å². The smallest absolute Gasteiger partial charge is 0.466 e. The zero-order valence-electron chi connectivity index (χ0n) is 13.2. The van der Waals surface area contributed by atoms with Gasteiger partial charge in [-0.05, 0) is 53.9 Å². The molecular formula is C15H25BO4. The van der Waals surface area contributed by atoms with Gasteiger partial charge in [-0.2, -0.15) is 0 Å². The molecule has 0 N–H and O–H groups in total. The third-order valence-electron chi connectivity index (χ3n) is 4.59. The molecule has 0 aromatic heterocycles. The van der Waals surface area contributed by atoms with Gasteiger partial charge in [0.1, 0.15) is 0 Å². The molecule has 0 spiro atoms. The Morgan fingerprint density at radius 3 is 2.50 bits per heavy atom. The molecule has 1 unspecified atom stereocenters. The van der Waals surface area contributed by atoms with E-state index in [-0.39, 0.29) is 30.2 Å². The molecule has 1 saturated carbocycles. The summed E-state index contributed by atoms with van der Waals surface area (Å²) in [5.41, 5.74) is 0.614. The molecule has 2 rings (SSSR count). The number of hydrogen-bond acceptors (Lipinski definition) is 4. The van der Waals surface area contributed by atoms with Crippen LogP contribution in [0.2, 0.25) is 0 Å². The maximum absolute atomic E-state index is 11.7. The van der Waals surface area contributed by atoms with Crippen molar-refractivity contribution in [1.82, 2.24) is 0 Å². The monoisotopic (exact) mass is 280 g/mol. The molecule has 1 aliphatic carbocycles. The van der Waals surface area contributed by atoms with E-state index in [1.165, 1.54) is 5.57 Å². The summed E-state index contributed by atoms with van der Waals surface area (Å²) in [5.74, 6) is 1.96. The van der Waals surface area contributed by atoms with Crippen LogP contribution in [0, 0.1) is 5.92 Å². The first-order valence-corrected chi connectivity index (χ1v) is 7.47. The van der Waals surface area contributed by atoms with Crippen molar-refractivity contribution in [3.63, 3.8) is 0 Å². The second-order valence-corrected chi connectivity index (χ2v) is 6.64. The summed E-state index contributed by atoms with van der Waals surface area (Å²) in [7, 11) is -0.309. The van der Waals surface area contributed by atoms with E-state index in [1.54, 1.807) is 0 Å². The van der Waals surface area contributed by atoms with E-state index in [0.29, 0.717) is 6.61 Å². The number of hydrogen-bond donors (Lipinski definition) is 0. The maximum atomic E-state index is 11.7. The van der Waals surface area contributed by atoms with E-state index in [9.17, 15) is 4.79 Å². The van der Waals surface area contributed by atoms with Crippen molar-refractivity contribution in [3.8, 4) is 0 Å². The zero-order chi connectivity index (χ0) is 15.0. The number of allylic oxidation sites excluding steroid dienone is 1. The van der Waals surface area contributed by atoms with E-state index in [4.69, 9.17) is 14.0 Å².